The monoisotopic (exact) mass is 315 g/mol. The van der Waals surface area contributed by atoms with Crippen LogP contribution < -0.4 is 4.90 Å². The number of aryl methyl sites for hydroxylation is 1. The van der Waals surface area contributed by atoms with Gasteiger partial charge in [0.1, 0.15) is 0 Å². The molecule has 3 rings (SSSR count). The van der Waals surface area contributed by atoms with Crippen LogP contribution in [0.5, 0.6) is 0 Å². The predicted molar refractivity (Wildman–Crippen MR) is 88.5 cm³/mol. The Bertz CT molecular complexity index is 681. The van der Waals surface area contributed by atoms with Crippen molar-refractivity contribution in [3.63, 3.8) is 0 Å². The molecule has 1 saturated heterocycles. The van der Waals surface area contributed by atoms with Gasteiger partial charge in [-0.05, 0) is 37.3 Å². The second kappa shape index (κ2) is 6.36. The van der Waals surface area contributed by atoms with E-state index in [1.807, 2.05) is 36.1 Å². The quantitative estimate of drug-likeness (QED) is 0.855. The zero-order valence-corrected chi connectivity index (χ0v) is 13.3. The van der Waals surface area contributed by atoms with E-state index in [9.17, 15) is 4.79 Å². The summed E-state index contributed by atoms with van der Waals surface area (Å²) in [6.07, 6.45) is 1.69. The highest BCUT2D eigenvalue weighted by molar-refractivity contribution is 6.30. The lowest BCUT2D eigenvalue weighted by molar-refractivity contribution is 0.0746. The van der Waals surface area contributed by atoms with Crippen LogP contribution in [-0.2, 0) is 0 Å². The standard InChI is InChI=1S/C17H18ClN3O/c1-13-11-14(5-6-19-13)17(22)21-9-7-20(8-10-21)16-4-2-3-15(18)12-16/h2-6,11-12H,7-10H2,1H3. The summed E-state index contributed by atoms with van der Waals surface area (Å²) in [7, 11) is 0. The number of carbonyl (C=O) groups excluding carboxylic acids is 1. The van der Waals surface area contributed by atoms with Gasteiger partial charge < -0.3 is 9.80 Å². The highest BCUT2D eigenvalue weighted by atomic mass is 35.5. The zero-order chi connectivity index (χ0) is 15.5. The summed E-state index contributed by atoms with van der Waals surface area (Å²) in [5.41, 5.74) is 2.69. The predicted octanol–water partition coefficient (Wildman–Crippen LogP) is 3.01. The van der Waals surface area contributed by atoms with E-state index >= 15 is 0 Å². The maximum atomic E-state index is 12.5. The second-order valence-corrected chi connectivity index (χ2v) is 5.88. The second-order valence-electron chi connectivity index (χ2n) is 5.45. The van der Waals surface area contributed by atoms with Crippen molar-refractivity contribution in [2.24, 2.45) is 0 Å². The third-order valence-corrected chi connectivity index (χ3v) is 4.12. The number of halogens is 1. The fraction of sp³-hybridized carbons (Fsp3) is 0.294. The highest BCUT2D eigenvalue weighted by Crippen LogP contribution is 2.21. The van der Waals surface area contributed by atoms with Crippen LogP contribution in [0.3, 0.4) is 0 Å². The highest BCUT2D eigenvalue weighted by Gasteiger charge is 2.22. The van der Waals surface area contributed by atoms with Gasteiger partial charge in [0.25, 0.3) is 5.91 Å². The van der Waals surface area contributed by atoms with Crippen molar-refractivity contribution < 1.29 is 4.79 Å². The molecule has 2 heterocycles. The number of hydrogen-bond acceptors (Lipinski definition) is 3. The number of nitrogens with zero attached hydrogens (tertiary/aromatic N) is 3. The van der Waals surface area contributed by atoms with Crippen LogP contribution >= 0.6 is 11.6 Å². The maximum absolute atomic E-state index is 12.5. The van der Waals surface area contributed by atoms with Crippen LogP contribution in [0, 0.1) is 6.92 Å². The molecule has 1 aliphatic heterocycles. The van der Waals surface area contributed by atoms with Gasteiger partial charge in [-0.1, -0.05) is 17.7 Å². The summed E-state index contributed by atoms with van der Waals surface area (Å²) in [5.74, 6) is 0.0799. The molecule has 1 amide bonds. The van der Waals surface area contributed by atoms with Gasteiger partial charge in [0, 0.05) is 54.3 Å². The normalized spacial score (nSPS) is 15.0. The average molecular weight is 316 g/mol. The largest absolute Gasteiger partial charge is 0.368 e. The molecule has 0 saturated carbocycles. The van der Waals surface area contributed by atoms with Gasteiger partial charge in [0.05, 0.1) is 0 Å². The molecule has 114 valence electrons. The Labute approximate surface area is 135 Å². The van der Waals surface area contributed by atoms with Gasteiger partial charge in [-0.2, -0.15) is 0 Å². The van der Waals surface area contributed by atoms with Gasteiger partial charge in [-0.25, -0.2) is 0 Å². The molecular weight excluding hydrogens is 298 g/mol. The van der Waals surface area contributed by atoms with E-state index in [0.717, 1.165) is 29.5 Å². The molecule has 0 bridgehead atoms. The molecule has 1 fully saturated rings. The summed E-state index contributed by atoms with van der Waals surface area (Å²) in [6, 6.07) is 11.5. The molecule has 0 unspecified atom stereocenters. The summed E-state index contributed by atoms with van der Waals surface area (Å²) >= 11 is 6.04. The molecule has 1 aromatic carbocycles. The van der Waals surface area contributed by atoms with Gasteiger partial charge in [-0.3, -0.25) is 9.78 Å². The van der Waals surface area contributed by atoms with Crippen molar-refractivity contribution in [1.29, 1.82) is 0 Å². The van der Waals surface area contributed by atoms with Crippen molar-refractivity contribution in [2.45, 2.75) is 6.92 Å². The number of aromatic nitrogens is 1. The van der Waals surface area contributed by atoms with E-state index in [2.05, 4.69) is 16.0 Å². The van der Waals surface area contributed by atoms with Gasteiger partial charge in [-0.15, -0.1) is 0 Å². The first-order valence-electron chi connectivity index (χ1n) is 7.36. The van der Waals surface area contributed by atoms with Crippen molar-refractivity contribution in [3.8, 4) is 0 Å². The Kier molecular flexibility index (Phi) is 4.29. The van der Waals surface area contributed by atoms with Crippen LogP contribution in [0.25, 0.3) is 0 Å². The minimum atomic E-state index is 0.0799. The average Bonchev–Trinajstić information content (AvgIpc) is 2.54. The number of benzene rings is 1. The SMILES string of the molecule is Cc1cc(C(=O)N2CCN(c3cccc(Cl)c3)CC2)ccn1. The molecular formula is C17H18ClN3O. The Morgan fingerprint density at radius 3 is 2.59 bits per heavy atom. The van der Waals surface area contributed by atoms with Crippen LogP contribution in [0.4, 0.5) is 5.69 Å². The molecule has 1 aliphatic rings. The molecule has 0 aliphatic carbocycles. The van der Waals surface area contributed by atoms with Crippen LogP contribution in [-0.4, -0.2) is 42.0 Å². The van der Waals surface area contributed by atoms with E-state index in [1.165, 1.54) is 0 Å². The van der Waals surface area contributed by atoms with Crippen molar-refractivity contribution in [2.75, 3.05) is 31.1 Å². The summed E-state index contributed by atoms with van der Waals surface area (Å²) in [5, 5.41) is 0.739. The molecule has 0 radical (unpaired) electrons. The third kappa shape index (κ3) is 3.22. The molecule has 0 N–H and O–H groups in total. The smallest absolute Gasteiger partial charge is 0.254 e. The summed E-state index contributed by atoms with van der Waals surface area (Å²) < 4.78 is 0. The third-order valence-electron chi connectivity index (χ3n) is 3.88. The van der Waals surface area contributed by atoms with E-state index in [1.54, 1.807) is 12.3 Å². The van der Waals surface area contributed by atoms with Gasteiger partial charge in [0.15, 0.2) is 0 Å². The minimum Gasteiger partial charge on any atom is -0.368 e. The van der Waals surface area contributed by atoms with Crippen LogP contribution in [0.15, 0.2) is 42.6 Å². The number of anilines is 1. The molecule has 2 aromatic rings. The van der Waals surface area contributed by atoms with Gasteiger partial charge in [0.2, 0.25) is 0 Å². The van der Waals surface area contributed by atoms with Crippen molar-refractivity contribution in [1.82, 2.24) is 9.88 Å². The first kappa shape index (κ1) is 14.9. The summed E-state index contributed by atoms with van der Waals surface area (Å²) in [4.78, 5) is 20.8. The Balaban J connectivity index is 1.65. The lowest BCUT2D eigenvalue weighted by Crippen LogP contribution is -2.48. The van der Waals surface area contributed by atoms with E-state index in [4.69, 9.17) is 11.6 Å². The molecule has 0 atom stereocenters. The fourth-order valence-electron chi connectivity index (χ4n) is 2.70. The molecule has 0 spiro atoms. The number of hydrogen-bond donors (Lipinski definition) is 0. The summed E-state index contributed by atoms with van der Waals surface area (Å²) in [6.45, 7) is 4.96. The Hall–Kier alpha value is -2.07. The first-order valence-corrected chi connectivity index (χ1v) is 7.74. The molecule has 4 nitrogen and oxygen atoms in total. The van der Waals surface area contributed by atoms with E-state index in [0.29, 0.717) is 18.7 Å². The molecule has 22 heavy (non-hydrogen) atoms. The van der Waals surface area contributed by atoms with E-state index in [-0.39, 0.29) is 5.91 Å². The van der Waals surface area contributed by atoms with Crippen LogP contribution in [0.1, 0.15) is 16.1 Å². The zero-order valence-electron chi connectivity index (χ0n) is 12.5. The first-order chi connectivity index (χ1) is 10.6. The number of amides is 1. The topological polar surface area (TPSA) is 36.4 Å². The fourth-order valence-corrected chi connectivity index (χ4v) is 2.89. The minimum absolute atomic E-state index is 0.0799. The van der Waals surface area contributed by atoms with Crippen molar-refractivity contribution >= 4 is 23.2 Å². The lowest BCUT2D eigenvalue weighted by Gasteiger charge is -2.36. The number of carbonyl (C=O) groups is 1. The lowest BCUT2D eigenvalue weighted by atomic mass is 10.2. The van der Waals surface area contributed by atoms with Gasteiger partial charge >= 0.3 is 0 Å². The maximum Gasteiger partial charge on any atom is 0.254 e. The number of rotatable bonds is 2. The van der Waals surface area contributed by atoms with Crippen LogP contribution in [0.2, 0.25) is 5.02 Å². The molecule has 1 aromatic heterocycles. The number of pyridine rings is 1. The Morgan fingerprint density at radius 1 is 1.14 bits per heavy atom. The number of piperazine rings is 1. The Morgan fingerprint density at radius 2 is 1.91 bits per heavy atom. The molecule has 5 heteroatoms. The van der Waals surface area contributed by atoms with E-state index < -0.39 is 0 Å². The van der Waals surface area contributed by atoms with Crippen molar-refractivity contribution in [3.05, 3.63) is 58.9 Å².